The van der Waals surface area contributed by atoms with Gasteiger partial charge in [0.15, 0.2) is 0 Å². The first-order chi connectivity index (χ1) is 7.18. The molecule has 76 valence electrons. The molecule has 2 aromatic rings. The molecule has 0 fully saturated rings. The van der Waals surface area contributed by atoms with Crippen LogP contribution in [0, 0.1) is 6.92 Å². The smallest absolute Gasteiger partial charge is 0.0577 e. The molecule has 0 unspecified atom stereocenters. The zero-order valence-corrected chi connectivity index (χ0v) is 8.70. The van der Waals surface area contributed by atoms with Crippen LogP contribution in [0.1, 0.15) is 5.56 Å². The lowest BCUT2D eigenvalue weighted by molar-refractivity contribution is 1.46. The number of benzene rings is 2. The second-order valence-corrected chi connectivity index (χ2v) is 3.66. The monoisotopic (exact) mass is 198 g/mol. The Morgan fingerprint density at radius 2 is 1.53 bits per heavy atom. The van der Waals surface area contributed by atoms with Gasteiger partial charge in [-0.2, -0.15) is 0 Å². The molecule has 0 saturated heterocycles. The third kappa shape index (κ3) is 1.79. The zero-order chi connectivity index (χ0) is 10.8. The highest BCUT2D eigenvalue weighted by Crippen LogP contribution is 2.28. The predicted molar refractivity (Wildman–Crippen MR) is 65.4 cm³/mol. The maximum atomic E-state index is 5.83. The molecule has 15 heavy (non-hydrogen) atoms. The van der Waals surface area contributed by atoms with Crippen LogP contribution in [0.15, 0.2) is 42.5 Å². The van der Waals surface area contributed by atoms with Gasteiger partial charge >= 0.3 is 0 Å². The van der Waals surface area contributed by atoms with Crippen molar-refractivity contribution in [3.8, 4) is 11.1 Å². The first-order valence-corrected chi connectivity index (χ1v) is 4.89. The van der Waals surface area contributed by atoms with Gasteiger partial charge in [0.1, 0.15) is 0 Å². The summed E-state index contributed by atoms with van der Waals surface area (Å²) in [5.41, 5.74) is 16.3. The summed E-state index contributed by atoms with van der Waals surface area (Å²) in [7, 11) is 0. The molecule has 0 bridgehead atoms. The summed E-state index contributed by atoms with van der Waals surface area (Å²) < 4.78 is 0. The summed E-state index contributed by atoms with van der Waals surface area (Å²) in [6.45, 7) is 1.97. The lowest BCUT2D eigenvalue weighted by Crippen LogP contribution is -1.97. The van der Waals surface area contributed by atoms with Gasteiger partial charge in [-0.3, -0.25) is 0 Å². The largest absolute Gasteiger partial charge is 0.397 e. The second-order valence-electron chi connectivity index (χ2n) is 3.66. The van der Waals surface area contributed by atoms with Crippen LogP contribution in [0.4, 0.5) is 11.4 Å². The first-order valence-electron chi connectivity index (χ1n) is 4.89. The molecule has 4 N–H and O–H groups in total. The third-order valence-electron chi connectivity index (χ3n) is 2.53. The molecular weight excluding hydrogens is 184 g/mol. The van der Waals surface area contributed by atoms with Crippen molar-refractivity contribution in [2.45, 2.75) is 6.92 Å². The van der Waals surface area contributed by atoms with Crippen molar-refractivity contribution >= 4 is 11.4 Å². The molecule has 0 atom stereocenters. The summed E-state index contributed by atoms with van der Waals surface area (Å²) in [5.74, 6) is 0. The topological polar surface area (TPSA) is 52.0 Å². The molecule has 0 radical (unpaired) electrons. The summed E-state index contributed by atoms with van der Waals surface area (Å²) >= 11 is 0. The number of nitrogen functional groups attached to an aromatic ring is 2. The Morgan fingerprint density at radius 1 is 0.867 bits per heavy atom. The van der Waals surface area contributed by atoms with Crippen LogP contribution in [0.3, 0.4) is 0 Å². The van der Waals surface area contributed by atoms with Crippen LogP contribution < -0.4 is 11.5 Å². The molecule has 0 aromatic heterocycles. The van der Waals surface area contributed by atoms with E-state index in [-0.39, 0.29) is 0 Å². The highest BCUT2D eigenvalue weighted by molar-refractivity contribution is 5.77. The molecule has 0 spiro atoms. The number of nitrogens with two attached hydrogens (primary N) is 2. The molecule has 2 rings (SSSR count). The van der Waals surface area contributed by atoms with Gasteiger partial charge in [0, 0.05) is 0 Å². The number of anilines is 2. The molecule has 2 heteroatoms. The van der Waals surface area contributed by atoms with Crippen LogP contribution in [-0.2, 0) is 0 Å². The van der Waals surface area contributed by atoms with E-state index in [9.17, 15) is 0 Å². The number of aryl methyl sites for hydroxylation is 1. The quantitative estimate of drug-likeness (QED) is 0.692. The minimum Gasteiger partial charge on any atom is -0.397 e. The van der Waals surface area contributed by atoms with E-state index in [0.717, 1.165) is 16.7 Å². The average Bonchev–Trinajstić information content (AvgIpc) is 2.26. The van der Waals surface area contributed by atoms with Gasteiger partial charge in [0.05, 0.1) is 11.4 Å². The van der Waals surface area contributed by atoms with Crippen molar-refractivity contribution in [1.29, 1.82) is 0 Å². The molecule has 0 saturated carbocycles. The fourth-order valence-corrected chi connectivity index (χ4v) is 1.62. The molecule has 0 aliphatic heterocycles. The van der Waals surface area contributed by atoms with Crippen molar-refractivity contribution < 1.29 is 0 Å². The number of hydrogen-bond donors (Lipinski definition) is 2. The van der Waals surface area contributed by atoms with Crippen LogP contribution in [0.5, 0.6) is 0 Å². The van der Waals surface area contributed by atoms with E-state index in [1.54, 1.807) is 0 Å². The van der Waals surface area contributed by atoms with E-state index in [1.165, 1.54) is 0 Å². The summed E-state index contributed by atoms with van der Waals surface area (Å²) in [6.07, 6.45) is 0. The maximum Gasteiger partial charge on any atom is 0.0577 e. The van der Waals surface area contributed by atoms with Crippen molar-refractivity contribution in [2.24, 2.45) is 0 Å². The maximum absolute atomic E-state index is 5.83. The molecule has 0 amide bonds. The normalized spacial score (nSPS) is 10.2. The van der Waals surface area contributed by atoms with Gasteiger partial charge in [0.2, 0.25) is 0 Å². The molecule has 2 aromatic carbocycles. The van der Waals surface area contributed by atoms with Crippen LogP contribution in [-0.4, -0.2) is 0 Å². The Hall–Kier alpha value is -1.96. The minimum atomic E-state index is 0.647. The minimum absolute atomic E-state index is 0.647. The van der Waals surface area contributed by atoms with E-state index < -0.39 is 0 Å². The fraction of sp³-hybridized carbons (Fsp3) is 0.0769. The Labute approximate surface area is 89.5 Å². The summed E-state index contributed by atoms with van der Waals surface area (Å²) in [6, 6.07) is 14.1. The number of hydrogen-bond acceptors (Lipinski definition) is 2. The van der Waals surface area contributed by atoms with Crippen molar-refractivity contribution in [3.05, 3.63) is 48.0 Å². The Balaban J connectivity index is 2.56. The molecule has 0 aliphatic rings. The van der Waals surface area contributed by atoms with E-state index in [2.05, 4.69) is 18.2 Å². The molecule has 0 heterocycles. The fourth-order valence-electron chi connectivity index (χ4n) is 1.62. The first kappa shape index (κ1) is 9.59. The highest BCUT2D eigenvalue weighted by atomic mass is 14.7. The lowest BCUT2D eigenvalue weighted by Gasteiger charge is -2.08. The second kappa shape index (κ2) is 3.65. The molecule has 2 nitrogen and oxygen atoms in total. The zero-order valence-electron chi connectivity index (χ0n) is 8.70. The summed E-state index contributed by atoms with van der Waals surface area (Å²) in [5, 5.41) is 0. The molecule has 0 aliphatic carbocycles. The Kier molecular flexibility index (Phi) is 2.34. The van der Waals surface area contributed by atoms with Crippen molar-refractivity contribution in [1.82, 2.24) is 0 Å². The lowest BCUT2D eigenvalue weighted by atomic mass is 10.0. The standard InChI is InChI=1S/C13H14N2/c1-9-7-11(8-12(14)13(9)15)10-5-3-2-4-6-10/h2-8H,14-15H2,1H3. The highest BCUT2D eigenvalue weighted by Gasteiger charge is 2.03. The van der Waals surface area contributed by atoms with Gasteiger partial charge in [0.25, 0.3) is 0 Å². The van der Waals surface area contributed by atoms with E-state index in [1.807, 2.05) is 31.2 Å². The third-order valence-corrected chi connectivity index (χ3v) is 2.53. The number of rotatable bonds is 1. The Bertz CT molecular complexity index is 452. The van der Waals surface area contributed by atoms with E-state index in [0.29, 0.717) is 11.4 Å². The molecular formula is C13H14N2. The van der Waals surface area contributed by atoms with Crippen LogP contribution >= 0.6 is 0 Å². The van der Waals surface area contributed by atoms with Gasteiger partial charge < -0.3 is 11.5 Å². The van der Waals surface area contributed by atoms with E-state index >= 15 is 0 Å². The van der Waals surface area contributed by atoms with Gasteiger partial charge in [-0.1, -0.05) is 30.3 Å². The van der Waals surface area contributed by atoms with Crippen LogP contribution in [0.25, 0.3) is 11.1 Å². The van der Waals surface area contributed by atoms with Gasteiger partial charge in [-0.15, -0.1) is 0 Å². The van der Waals surface area contributed by atoms with Crippen molar-refractivity contribution in [2.75, 3.05) is 11.5 Å². The van der Waals surface area contributed by atoms with E-state index in [4.69, 9.17) is 11.5 Å². The average molecular weight is 198 g/mol. The van der Waals surface area contributed by atoms with Gasteiger partial charge in [-0.05, 0) is 35.7 Å². The van der Waals surface area contributed by atoms with Gasteiger partial charge in [-0.25, -0.2) is 0 Å². The van der Waals surface area contributed by atoms with Crippen molar-refractivity contribution in [3.63, 3.8) is 0 Å². The summed E-state index contributed by atoms with van der Waals surface area (Å²) in [4.78, 5) is 0. The Morgan fingerprint density at radius 3 is 2.13 bits per heavy atom. The van der Waals surface area contributed by atoms with Crippen LogP contribution in [0.2, 0.25) is 0 Å². The predicted octanol–water partition coefficient (Wildman–Crippen LogP) is 2.83. The SMILES string of the molecule is Cc1cc(-c2ccccc2)cc(N)c1N.